The van der Waals surface area contributed by atoms with E-state index < -0.39 is 5.97 Å². The molecule has 0 aromatic carbocycles. The van der Waals surface area contributed by atoms with Gasteiger partial charge in [-0.25, -0.2) is 14.8 Å². The number of carboxylic acid groups (broad SMARTS) is 1. The van der Waals surface area contributed by atoms with Crippen molar-refractivity contribution in [3.63, 3.8) is 0 Å². The molecule has 1 rings (SSSR count). The van der Waals surface area contributed by atoms with Crippen LogP contribution >= 0.6 is 0 Å². The Morgan fingerprint density at radius 1 is 1.28 bits per heavy atom. The Hall–Kier alpha value is -1.69. The Kier molecular flexibility index (Phi) is 5.03. The van der Waals surface area contributed by atoms with Gasteiger partial charge in [0.2, 0.25) is 5.95 Å². The zero-order valence-corrected chi connectivity index (χ0v) is 11.3. The number of hydrogen-bond acceptors (Lipinski definition) is 5. The van der Waals surface area contributed by atoms with Gasteiger partial charge in [0.1, 0.15) is 0 Å². The molecule has 0 atom stereocenters. The minimum Gasteiger partial charge on any atom is -0.477 e. The molecule has 100 valence electrons. The first-order chi connectivity index (χ1) is 8.40. The van der Waals surface area contributed by atoms with E-state index >= 15 is 0 Å². The molecule has 0 aliphatic rings. The van der Waals surface area contributed by atoms with Crippen LogP contribution in [-0.4, -0.2) is 60.2 Å². The molecule has 0 aliphatic heterocycles. The number of anilines is 1. The monoisotopic (exact) mass is 252 g/mol. The highest BCUT2D eigenvalue weighted by molar-refractivity contribution is 5.85. The molecule has 1 N–H and O–H groups in total. The summed E-state index contributed by atoms with van der Waals surface area (Å²) in [5.74, 6) is -0.561. The Morgan fingerprint density at radius 3 is 2.50 bits per heavy atom. The second-order valence-electron chi connectivity index (χ2n) is 4.58. The normalized spacial score (nSPS) is 10.7. The zero-order chi connectivity index (χ0) is 13.7. The summed E-state index contributed by atoms with van der Waals surface area (Å²) in [6, 6.07) is 1.47. The van der Waals surface area contributed by atoms with Crippen molar-refractivity contribution < 1.29 is 9.90 Å². The summed E-state index contributed by atoms with van der Waals surface area (Å²) in [5.41, 5.74) is 0.703. The van der Waals surface area contributed by atoms with Crippen molar-refractivity contribution >= 4 is 11.9 Å². The molecule has 1 aromatic rings. The average molecular weight is 252 g/mol. The smallest absolute Gasteiger partial charge is 0.354 e. The highest BCUT2D eigenvalue weighted by Gasteiger charge is 2.11. The summed E-state index contributed by atoms with van der Waals surface area (Å²) in [5, 5.41) is 8.95. The van der Waals surface area contributed by atoms with E-state index in [4.69, 9.17) is 5.11 Å². The average Bonchev–Trinajstić information content (AvgIpc) is 2.27. The summed E-state index contributed by atoms with van der Waals surface area (Å²) >= 11 is 0. The Balaban J connectivity index is 2.73. The van der Waals surface area contributed by atoms with Crippen LogP contribution in [0.25, 0.3) is 0 Å². The lowest BCUT2D eigenvalue weighted by molar-refractivity contribution is 0.0690. The molecule has 1 heterocycles. The molecule has 0 unspecified atom stereocenters. The van der Waals surface area contributed by atoms with Crippen LogP contribution in [0.5, 0.6) is 0 Å². The number of aromatic carboxylic acids is 1. The predicted molar refractivity (Wildman–Crippen MR) is 70.2 cm³/mol. The summed E-state index contributed by atoms with van der Waals surface area (Å²) in [4.78, 5) is 23.2. The molecule has 18 heavy (non-hydrogen) atoms. The van der Waals surface area contributed by atoms with Crippen molar-refractivity contribution in [2.24, 2.45) is 0 Å². The first-order valence-corrected chi connectivity index (χ1v) is 5.85. The molecule has 0 amide bonds. The zero-order valence-electron chi connectivity index (χ0n) is 11.3. The fraction of sp³-hybridized carbons (Fsp3) is 0.583. The van der Waals surface area contributed by atoms with E-state index in [0.29, 0.717) is 11.6 Å². The van der Waals surface area contributed by atoms with Crippen molar-refractivity contribution in [3.8, 4) is 0 Å². The maximum absolute atomic E-state index is 10.9. The third-order valence-corrected chi connectivity index (χ3v) is 2.50. The molecule has 0 saturated heterocycles. The van der Waals surface area contributed by atoms with Gasteiger partial charge in [-0.3, -0.25) is 0 Å². The van der Waals surface area contributed by atoms with E-state index in [1.807, 2.05) is 26.0 Å². The summed E-state index contributed by atoms with van der Waals surface area (Å²) in [6.07, 6.45) is 0.975. The van der Waals surface area contributed by atoms with Crippen LogP contribution in [0, 0.1) is 6.92 Å². The van der Waals surface area contributed by atoms with Crippen LogP contribution < -0.4 is 4.90 Å². The van der Waals surface area contributed by atoms with Crippen molar-refractivity contribution in [3.05, 3.63) is 17.5 Å². The molecule has 0 saturated carbocycles. The molecule has 0 aliphatic carbocycles. The Labute approximate surface area is 107 Å². The van der Waals surface area contributed by atoms with Crippen LogP contribution in [0.1, 0.15) is 22.6 Å². The van der Waals surface area contributed by atoms with Gasteiger partial charge in [-0.2, -0.15) is 0 Å². The molecule has 0 radical (unpaired) electrons. The second kappa shape index (κ2) is 6.30. The minimum absolute atomic E-state index is 0.0389. The molecule has 0 bridgehead atoms. The molecular weight excluding hydrogens is 232 g/mol. The van der Waals surface area contributed by atoms with Crippen LogP contribution in [-0.2, 0) is 0 Å². The van der Waals surface area contributed by atoms with Gasteiger partial charge in [0.15, 0.2) is 5.69 Å². The van der Waals surface area contributed by atoms with Crippen molar-refractivity contribution in [1.82, 2.24) is 14.9 Å². The van der Waals surface area contributed by atoms with E-state index in [1.54, 1.807) is 6.92 Å². The highest BCUT2D eigenvalue weighted by atomic mass is 16.4. The Morgan fingerprint density at radius 2 is 1.94 bits per heavy atom. The van der Waals surface area contributed by atoms with Crippen LogP contribution in [0.2, 0.25) is 0 Å². The second-order valence-corrected chi connectivity index (χ2v) is 4.58. The number of carboxylic acids is 1. The topological polar surface area (TPSA) is 69.6 Å². The number of rotatable bonds is 6. The van der Waals surface area contributed by atoms with Gasteiger partial charge < -0.3 is 14.9 Å². The van der Waals surface area contributed by atoms with E-state index in [2.05, 4.69) is 14.9 Å². The quantitative estimate of drug-likeness (QED) is 0.810. The van der Waals surface area contributed by atoms with Gasteiger partial charge >= 0.3 is 5.97 Å². The van der Waals surface area contributed by atoms with Gasteiger partial charge in [-0.15, -0.1) is 0 Å². The van der Waals surface area contributed by atoms with Crippen LogP contribution in [0.15, 0.2) is 6.07 Å². The van der Waals surface area contributed by atoms with Crippen molar-refractivity contribution in [2.75, 3.05) is 39.1 Å². The van der Waals surface area contributed by atoms with E-state index in [9.17, 15) is 4.79 Å². The third-order valence-electron chi connectivity index (χ3n) is 2.50. The Bertz CT molecular complexity index is 421. The third kappa shape index (κ3) is 4.29. The van der Waals surface area contributed by atoms with Crippen molar-refractivity contribution in [2.45, 2.75) is 13.3 Å². The molecule has 1 aromatic heterocycles. The lowest BCUT2D eigenvalue weighted by Crippen LogP contribution is -2.25. The predicted octanol–water partition coefficient (Wildman–Crippen LogP) is 0.871. The molecule has 0 fully saturated rings. The van der Waals surface area contributed by atoms with E-state index in [-0.39, 0.29) is 5.69 Å². The summed E-state index contributed by atoms with van der Waals surface area (Å²) < 4.78 is 0. The fourth-order valence-corrected chi connectivity index (χ4v) is 1.56. The van der Waals surface area contributed by atoms with Gasteiger partial charge in [-0.1, -0.05) is 0 Å². The van der Waals surface area contributed by atoms with Gasteiger partial charge in [-0.05, 0) is 40.1 Å². The van der Waals surface area contributed by atoms with Crippen LogP contribution in [0.3, 0.4) is 0 Å². The SMILES string of the molecule is Cc1cc(C(=O)O)nc(N(C)CCCN(C)C)n1. The van der Waals surface area contributed by atoms with E-state index in [1.165, 1.54) is 6.07 Å². The largest absolute Gasteiger partial charge is 0.477 e. The highest BCUT2D eigenvalue weighted by Crippen LogP contribution is 2.09. The van der Waals surface area contributed by atoms with E-state index in [0.717, 1.165) is 19.5 Å². The standard InChI is InChI=1S/C12H20N4O2/c1-9-8-10(11(17)18)14-12(13-9)16(4)7-5-6-15(2)3/h8H,5-7H2,1-4H3,(H,17,18). The summed E-state index contributed by atoms with van der Waals surface area (Å²) in [6.45, 7) is 3.54. The molecule has 0 spiro atoms. The number of hydrogen-bond donors (Lipinski definition) is 1. The lowest BCUT2D eigenvalue weighted by Gasteiger charge is -2.18. The minimum atomic E-state index is -1.02. The number of aryl methyl sites for hydroxylation is 1. The van der Waals surface area contributed by atoms with Gasteiger partial charge in [0, 0.05) is 19.3 Å². The maximum atomic E-state index is 10.9. The number of carbonyl (C=O) groups is 1. The molecule has 6 nitrogen and oxygen atoms in total. The number of aromatic nitrogens is 2. The first kappa shape index (κ1) is 14.4. The first-order valence-electron chi connectivity index (χ1n) is 5.85. The number of nitrogens with zero attached hydrogens (tertiary/aromatic N) is 4. The molecular formula is C12H20N4O2. The van der Waals surface area contributed by atoms with Crippen LogP contribution in [0.4, 0.5) is 5.95 Å². The van der Waals surface area contributed by atoms with Gasteiger partial charge in [0.25, 0.3) is 0 Å². The fourth-order valence-electron chi connectivity index (χ4n) is 1.56. The lowest BCUT2D eigenvalue weighted by atomic mass is 10.3. The maximum Gasteiger partial charge on any atom is 0.354 e. The summed E-state index contributed by atoms with van der Waals surface area (Å²) in [7, 11) is 5.91. The van der Waals surface area contributed by atoms with Crippen molar-refractivity contribution in [1.29, 1.82) is 0 Å². The molecule has 6 heteroatoms. The van der Waals surface area contributed by atoms with Gasteiger partial charge in [0.05, 0.1) is 0 Å².